The van der Waals surface area contributed by atoms with E-state index in [1.807, 2.05) is 17.4 Å². The van der Waals surface area contributed by atoms with Gasteiger partial charge in [0, 0.05) is 53.1 Å². The quantitative estimate of drug-likeness (QED) is 0.188. The van der Waals surface area contributed by atoms with Crippen LogP contribution in [0.1, 0.15) is 0 Å². The first-order valence-electron chi connectivity index (χ1n) is 16.9. The van der Waals surface area contributed by atoms with Crippen LogP contribution in [0.25, 0.3) is 80.4 Å². The fourth-order valence-electron chi connectivity index (χ4n) is 8.06. The van der Waals surface area contributed by atoms with E-state index < -0.39 is 0 Å². The number of furan rings is 1. The van der Waals surface area contributed by atoms with E-state index in [4.69, 9.17) is 4.42 Å². The second-order valence-electron chi connectivity index (χ2n) is 12.9. The number of hydrogen-bond donors (Lipinski definition) is 0. The topological polar surface area (TPSA) is 21.3 Å². The number of para-hydroxylation sites is 3. The average molecular weight is 657 g/mol. The highest BCUT2D eigenvalue weighted by atomic mass is 32.1. The largest absolute Gasteiger partial charge is 0.456 e. The number of benzene rings is 8. The molecule has 3 nitrogen and oxygen atoms in total. The van der Waals surface area contributed by atoms with Crippen molar-refractivity contribution in [2.75, 3.05) is 4.90 Å². The second-order valence-corrected chi connectivity index (χ2v) is 14.0. The fraction of sp³-hybridized carbons (Fsp3) is 0. The van der Waals surface area contributed by atoms with Crippen molar-refractivity contribution in [3.05, 3.63) is 170 Å². The van der Waals surface area contributed by atoms with Crippen LogP contribution in [0.2, 0.25) is 0 Å². The summed E-state index contributed by atoms with van der Waals surface area (Å²) in [7, 11) is 0. The van der Waals surface area contributed by atoms with E-state index in [0.717, 1.165) is 44.7 Å². The molecule has 0 amide bonds. The number of aromatic nitrogens is 1. The molecule has 0 bridgehead atoms. The zero-order chi connectivity index (χ0) is 32.8. The summed E-state index contributed by atoms with van der Waals surface area (Å²) < 4.78 is 11.4. The highest BCUT2D eigenvalue weighted by molar-refractivity contribution is 7.26. The molecular formula is C46H28N2OS. The van der Waals surface area contributed by atoms with Gasteiger partial charge in [0.05, 0.1) is 27.8 Å². The summed E-state index contributed by atoms with van der Waals surface area (Å²) in [5.74, 6) is 0. The SMILES string of the molecule is c1ccc(-n2c3ccccc3c3cc(N(c4cc5sc6ccccc6c5c5ccccc45)c4cccc5oc6ccccc6c45)ccc32)cc1. The van der Waals surface area contributed by atoms with Gasteiger partial charge in [-0.2, -0.15) is 0 Å². The molecule has 11 aromatic rings. The van der Waals surface area contributed by atoms with Gasteiger partial charge in [-0.3, -0.25) is 0 Å². The molecule has 0 aliphatic rings. The number of hydrogen-bond acceptors (Lipinski definition) is 3. The second kappa shape index (κ2) is 10.6. The Balaban J connectivity index is 1.27. The Morgan fingerprint density at radius 3 is 1.98 bits per heavy atom. The third-order valence-corrected chi connectivity index (χ3v) is 11.3. The van der Waals surface area contributed by atoms with Gasteiger partial charge in [-0.25, -0.2) is 0 Å². The molecule has 0 fully saturated rings. The first-order valence-corrected chi connectivity index (χ1v) is 17.8. The molecule has 0 aliphatic heterocycles. The molecule has 11 rings (SSSR count). The van der Waals surface area contributed by atoms with E-state index in [1.165, 1.54) is 52.8 Å². The predicted octanol–water partition coefficient (Wildman–Crippen LogP) is 13.7. The number of anilines is 3. The fourth-order valence-corrected chi connectivity index (χ4v) is 9.22. The van der Waals surface area contributed by atoms with Crippen molar-refractivity contribution in [1.29, 1.82) is 0 Å². The third-order valence-electron chi connectivity index (χ3n) is 10.2. The summed E-state index contributed by atoms with van der Waals surface area (Å²) in [6, 6.07) is 61.2. The van der Waals surface area contributed by atoms with Gasteiger partial charge in [-0.1, -0.05) is 103 Å². The molecule has 0 radical (unpaired) electrons. The van der Waals surface area contributed by atoms with Crippen LogP contribution in [0.15, 0.2) is 174 Å². The van der Waals surface area contributed by atoms with Crippen molar-refractivity contribution >= 4 is 103 Å². The molecule has 3 heterocycles. The van der Waals surface area contributed by atoms with Crippen molar-refractivity contribution in [2.45, 2.75) is 0 Å². The van der Waals surface area contributed by atoms with Crippen LogP contribution in [0.4, 0.5) is 17.1 Å². The van der Waals surface area contributed by atoms with Gasteiger partial charge in [0.2, 0.25) is 0 Å². The molecule has 0 aliphatic carbocycles. The van der Waals surface area contributed by atoms with E-state index in [2.05, 4.69) is 173 Å². The van der Waals surface area contributed by atoms with Gasteiger partial charge in [-0.15, -0.1) is 11.3 Å². The van der Waals surface area contributed by atoms with E-state index in [-0.39, 0.29) is 0 Å². The lowest BCUT2D eigenvalue weighted by Gasteiger charge is -2.28. The summed E-state index contributed by atoms with van der Waals surface area (Å²) in [6.07, 6.45) is 0. The molecular weight excluding hydrogens is 629 g/mol. The predicted molar refractivity (Wildman–Crippen MR) is 213 cm³/mol. The maximum atomic E-state index is 6.46. The number of nitrogens with zero attached hydrogens (tertiary/aromatic N) is 2. The maximum absolute atomic E-state index is 6.46. The molecule has 234 valence electrons. The van der Waals surface area contributed by atoms with Crippen molar-refractivity contribution in [2.24, 2.45) is 0 Å². The van der Waals surface area contributed by atoms with Crippen LogP contribution in [-0.2, 0) is 0 Å². The van der Waals surface area contributed by atoms with Crippen LogP contribution in [0.5, 0.6) is 0 Å². The van der Waals surface area contributed by atoms with Crippen LogP contribution in [0.3, 0.4) is 0 Å². The number of fused-ring (bicyclic) bond motifs is 11. The molecule has 3 aromatic heterocycles. The van der Waals surface area contributed by atoms with Crippen molar-refractivity contribution < 1.29 is 4.42 Å². The van der Waals surface area contributed by atoms with Crippen molar-refractivity contribution in [3.63, 3.8) is 0 Å². The molecule has 0 atom stereocenters. The molecule has 0 spiro atoms. The molecule has 0 saturated carbocycles. The van der Waals surface area contributed by atoms with Crippen LogP contribution in [-0.4, -0.2) is 4.57 Å². The lowest BCUT2D eigenvalue weighted by Crippen LogP contribution is -2.11. The zero-order valence-electron chi connectivity index (χ0n) is 26.9. The lowest BCUT2D eigenvalue weighted by atomic mass is 10.00. The van der Waals surface area contributed by atoms with Crippen LogP contribution in [0, 0.1) is 0 Å². The molecule has 0 saturated heterocycles. The van der Waals surface area contributed by atoms with E-state index in [0.29, 0.717) is 0 Å². The smallest absolute Gasteiger partial charge is 0.137 e. The first-order chi connectivity index (χ1) is 24.8. The Kier molecular flexibility index (Phi) is 5.83. The number of thiophene rings is 1. The molecule has 50 heavy (non-hydrogen) atoms. The first kappa shape index (κ1) is 27.6. The molecule has 0 N–H and O–H groups in total. The minimum Gasteiger partial charge on any atom is -0.456 e. The maximum Gasteiger partial charge on any atom is 0.137 e. The molecule has 0 unspecified atom stereocenters. The highest BCUT2D eigenvalue weighted by Gasteiger charge is 2.24. The molecule has 8 aromatic carbocycles. The van der Waals surface area contributed by atoms with Gasteiger partial charge < -0.3 is 13.9 Å². The minimum atomic E-state index is 0.878. The van der Waals surface area contributed by atoms with Crippen molar-refractivity contribution in [1.82, 2.24) is 4.57 Å². The standard InChI is InChI=1S/C46H28N2OS/c1-2-13-29(14-3-1)47-37-20-9-6-16-32(37)36-27-30(25-26-38(36)47)48(39-21-12-23-42-46(39)34-18-7-10-22-41(34)49-42)40-28-44-45(33-17-5-4-15-31(33)40)35-19-8-11-24-43(35)50-44/h1-28H. The monoisotopic (exact) mass is 656 g/mol. The van der Waals surface area contributed by atoms with Gasteiger partial charge >= 0.3 is 0 Å². The minimum absolute atomic E-state index is 0.878. The summed E-state index contributed by atoms with van der Waals surface area (Å²) in [5, 5.41) is 9.74. The van der Waals surface area contributed by atoms with E-state index in [1.54, 1.807) is 0 Å². The zero-order valence-corrected chi connectivity index (χ0v) is 27.7. The Morgan fingerprint density at radius 1 is 0.420 bits per heavy atom. The Bertz CT molecular complexity index is 3110. The normalized spacial score (nSPS) is 12.0. The van der Waals surface area contributed by atoms with E-state index in [9.17, 15) is 0 Å². The average Bonchev–Trinajstić information content (AvgIpc) is 3.85. The van der Waals surface area contributed by atoms with Gasteiger partial charge in [0.15, 0.2) is 0 Å². The Hall–Kier alpha value is -6.36. The summed E-state index contributed by atoms with van der Waals surface area (Å²) >= 11 is 1.86. The number of rotatable bonds is 4. The summed E-state index contributed by atoms with van der Waals surface area (Å²) in [6.45, 7) is 0. The van der Waals surface area contributed by atoms with Gasteiger partial charge in [0.25, 0.3) is 0 Å². The lowest BCUT2D eigenvalue weighted by molar-refractivity contribution is 0.669. The van der Waals surface area contributed by atoms with Gasteiger partial charge in [-0.05, 0) is 72.1 Å². The Morgan fingerprint density at radius 2 is 1.10 bits per heavy atom. The van der Waals surface area contributed by atoms with Gasteiger partial charge in [0.1, 0.15) is 11.2 Å². The highest BCUT2D eigenvalue weighted by Crippen LogP contribution is 2.49. The summed E-state index contributed by atoms with van der Waals surface area (Å²) in [5.41, 5.74) is 8.61. The molecule has 4 heteroatoms. The van der Waals surface area contributed by atoms with Crippen molar-refractivity contribution in [3.8, 4) is 5.69 Å². The van der Waals surface area contributed by atoms with Crippen LogP contribution < -0.4 is 4.90 Å². The summed E-state index contributed by atoms with van der Waals surface area (Å²) in [4.78, 5) is 2.46. The van der Waals surface area contributed by atoms with Crippen LogP contribution >= 0.6 is 11.3 Å². The Labute approximate surface area is 291 Å². The third kappa shape index (κ3) is 3.91. The van der Waals surface area contributed by atoms with E-state index >= 15 is 0 Å².